The van der Waals surface area contributed by atoms with Gasteiger partial charge in [-0.3, -0.25) is 9.59 Å². The molecule has 0 aliphatic heterocycles. The second kappa shape index (κ2) is 10.8. The number of rotatable bonds is 10. The van der Waals surface area contributed by atoms with E-state index in [2.05, 4.69) is 4.72 Å². The molecule has 1 aliphatic carbocycles. The summed E-state index contributed by atoms with van der Waals surface area (Å²) in [6, 6.07) is 10.5. The number of sulfonamides is 1. The molecule has 0 radical (unpaired) electrons. The summed E-state index contributed by atoms with van der Waals surface area (Å²) < 4.78 is 44.4. The molecule has 0 heterocycles. The first-order valence-corrected chi connectivity index (χ1v) is 12.4. The van der Waals surface area contributed by atoms with Crippen molar-refractivity contribution in [2.75, 3.05) is 20.8 Å². The van der Waals surface area contributed by atoms with Crippen LogP contribution < -0.4 is 14.2 Å². The van der Waals surface area contributed by atoms with E-state index in [1.54, 1.807) is 31.2 Å². The van der Waals surface area contributed by atoms with Crippen LogP contribution in [-0.2, 0) is 19.6 Å². The lowest BCUT2D eigenvalue weighted by atomic mass is 9.85. The number of esters is 1. The van der Waals surface area contributed by atoms with Crippen molar-refractivity contribution >= 4 is 21.8 Å². The zero-order valence-corrected chi connectivity index (χ0v) is 20.4. The van der Waals surface area contributed by atoms with Gasteiger partial charge in [0.15, 0.2) is 17.3 Å². The van der Waals surface area contributed by atoms with Gasteiger partial charge in [0.1, 0.15) is 0 Å². The molecule has 0 spiro atoms. The third-order valence-corrected chi connectivity index (χ3v) is 7.24. The Bertz CT molecular complexity index is 1170. The fourth-order valence-electron chi connectivity index (χ4n) is 4.03. The van der Waals surface area contributed by atoms with E-state index in [1.807, 2.05) is 6.08 Å². The molecule has 0 fully saturated rings. The molecule has 2 aromatic carbocycles. The van der Waals surface area contributed by atoms with Gasteiger partial charge in [0.2, 0.25) is 10.0 Å². The zero-order chi connectivity index (χ0) is 24.9. The van der Waals surface area contributed by atoms with Gasteiger partial charge in [-0.2, -0.15) is 0 Å². The number of methoxy groups -OCH3 is 2. The molecule has 0 aromatic heterocycles. The van der Waals surface area contributed by atoms with Crippen molar-refractivity contribution in [1.29, 1.82) is 0 Å². The molecule has 34 heavy (non-hydrogen) atoms. The molecule has 8 nitrogen and oxygen atoms in total. The summed E-state index contributed by atoms with van der Waals surface area (Å²) in [6.45, 7) is 3.39. The Kier molecular flexibility index (Phi) is 8.11. The van der Waals surface area contributed by atoms with Gasteiger partial charge in [0.25, 0.3) is 0 Å². The van der Waals surface area contributed by atoms with Gasteiger partial charge in [-0.25, -0.2) is 13.1 Å². The van der Waals surface area contributed by atoms with Crippen LogP contribution in [0.15, 0.2) is 59.5 Å². The van der Waals surface area contributed by atoms with Gasteiger partial charge in [-0.15, -0.1) is 0 Å². The molecular formula is C25H29NO7S. The van der Waals surface area contributed by atoms with Crippen molar-refractivity contribution in [2.45, 2.75) is 37.1 Å². The van der Waals surface area contributed by atoms with Crippen LogP contribution in [0.3, 0.4) is 0 Å². The van der Waals surface area contributed by atoms with Crippen LogP contribution in [-0.4, -0.2) is 47.0 Å². The number of hydrogen-bond donors (Lipinski definition) is 1. The first kappa shape index (κ1) is 25.5. The van der Waals surface area contributed by atoms with Gasteiger partial charge >= 0.3 is 5.97 Å². The van der Waals surface area contributed by atoms with Crippen LogP contribution in [0, 0.1) is 5.92 Å². The van der Waals surface area contributed by atoms with Gasteiger partial charge in [0, 0.05) is 11.6 Å². The van der Waals surface area contributed by atoms with Crippen LogP contribution in [0.25, 0.3) is 0 Å². The molecule has 9 heteroatoms. The van der Waals surface area contributed by atoms with Crippen LogP contribution in [0.2, 0.25) is 0 Å². The average molecular weight is 488 g/mol. The molecule has 1 N–H and O–H groups in total. The fraction of sp³-hybridized carbons (Fsp3) is 0.360. The van der Waals surface area contributed by atoms with Gasteiger partial charge in [-0.05, 0) is 56.0 Å². The van der Waals surface area contributed by atoms with Crippen molar-refractivity contribution in [3.63, 3.8) is 0 Å². The van der Waals surface area contributed by atoms with E-state index in [0.717, 1.165) is 0 Å². The third kappa shape index (κ3) is 5.66. The molecule has 3 rings (SSSR count). The number of ether oxygens (including phenoxy) is 3. The number of allylic oxidation sites excluding steroid dienone is 1. The number of hydrogen-bond acceptors (Lipinski definition) is 7. The Hall–Kier alpha value is -3.17. The molecule has 1 aliphatic rings. The highest BCUT2D eigenvalue weighted by Gasteiger charge is 2.35. The highest BCUT2D eigenvalue weighted by atomic mass is 32.2. The van der Waals surface area contributed by atoms with Gasteiger partial charge in [-0.1, -0.05) is 30.4 Å². The van der Waals surface area contributed by atoms with E-state index >= 15 is 0 Å². The Morgan fingerprint density at radius 3 is 2.29 bits per heavy atom. The Morgan fingerprint density at radius 2 is 1.71 bits per heavy atom. The molecule has 3 atom stereocenters. The first-order chi connectivity index (χ1) is 16.2. The van der Waals surface area contributed by atoms with Crippen molar-refractivity contribution in [2.24, 2.45) is 5.92 Å². The number of carbonyl (C=O) groups is 2. The predicted octanol–water partition coefficient (Wildman–Crippen LogP) is 3.48. The molecular weight excluding hydrogens is 458 g/mol. The molecule has 0 saturated carbocycles. The number of carbonyl (C=O) groups excluding carboxylic acids is 2. The maximum atomic E-state index is 12.9. The molecule has 0 unspecified atom stereocenters. The second-order valence-electron chi connectivity index (χ2n) is 7.94. The minimum Gasteiger partial charge on any atom is -0.493 e. The third-order valence-electron chi connectivity index (χ3n) is 5.73. The standard InChI is InChI=1S/C25H29NO7S/c1-5-33-25(28)24(19-9-13-22(31-3)23(15-19)32-4)18-6-10-20(14-18)26-34(29,30)21-11-7-17(8-12-21)16(2)27/h6-13,15,18,20,24,26H,5,14H2,1-4H3/t18-,20-,24+/m1/s1. The lowest BCUT2D eigenvalue weighted by molar-refractivity contribution is -0.146. The second-order valence-corrected chi connectivity index (χ2v) is 9.65. The number of Topliss-reactive ketones (excluding diaryl/α,β-unsaturated/α-hetero) is 1. The van der Waals surface area contributed by atoms with Crippen LogP contribution in [0.1, 0.15) is 42.1 Å². The molecule has 0 saturated heterocycles. The fourth-order valence-corrected chi connectivity index (χ4v) is 5.24. The highest BCUT2D eigenvalue weighted by Crippen LogP contribution is 2.38. The number of ketones is 1. The van der Waals surface area contributed by atoms with E-state index < -0.39 is 28.0 Å². The minimum absolute atomic E-state index is 0.0659. The molecule has 2 aromatic rings. The largest absolute Gasteiger partial charge is 0.493 e. The van der Waals surface area contributed by atoms with Gasteiger partial charge < -0.3 is 14.2 Å². The van der Waals surface area contributed by atoms with E-state index in [9.17, 15) is 18.0 Å². The van der Waals surface area contributed by atoms with Crippen LogP contribution in [0.4, 0.5) is 0 Å². The van der Waals surface area contributed by atoms with Crippen molar-refractivity contribution < 1.29 is 32.2 Å². The van der Waals surface area contributed by atoms with Crippen molar-refractivity contribution in [1.82, 2.24) is 4.72 Å². The van der Waals surface area contributed by atoms with E-state index in [-0.39, 0.29) is 23.2 Å². The van der Waals surface area contributed by atoms with E-state index in [4.69, 9.17) is 14.2 Å². The van der Waals surface area contributed by atoms with Crippen molar-refractivity contribution in [3.8, 4) is 11.5 Å². The van der Waals surface area contributed by atoms with E-state index in [1.165, 1.54) is 45.4 Å². The average Bonchev–Trinajstić information content (AvgIpc) is 3.26. The smallest absolute Gasteiger partial charge is 0.314 e. The summed E-state index contributed by atoms with van der Waals surface area (Å²) in [6.07, 6.45) is 3.96. The Morgan fingerprint density at radius 1 is 1.03 bits per heavy atom. The summed E-state index contributed by atoms with van der Waals surface area (Å²) in [5.74, 6) is -0.434. The Labute approximate surface area is 200 Å². The SMILES string of the molecule is CCOC(=O)[C@H](c1ccc(OC)c(OC)c1)[C@@H]1C=C[C@@H](NS(=O)(=O)c2ccc(C(C)=O)cc2)C1. The zero-order valence-electron chi connectivity index (χ0n) is 19.6. The summed E-state index contributed by atoms with van der Waals surface area (Å²) in [5.41, 5.74) is 1.13. The summed E-state index contributed by atoms with van der Waals surface area (Å²) in [4.78, 5) is 24.4. The highest BCUT2D eigenvalue weighted by molar-refractivity contribution is 7.89. The minimum atomic E-state index is -3.82. The van der Waals surface area contributed by atoms with Crippen LogP contribution >= 0.6 is 0 Å². The quantitative estimate of drug-likeness (QED) is 0.311. The maximum Gasteiger partial charge on any atom is 0.314 e. The van der Waals surface area contributed by atoms with Crippen LogP contribution in [0.5, 0.6) is 11.5 Å². The van der Waals surface area contributed by atoms with Crippen molar-refractivity contribution in [3.05, 3.63) is 65.7 Å². The predicted molar refractivity (Wildman–Crippen MR) is 127 cm³/mol. The summed E-state index contributed by atoms with van der Waals surface area (Å²) >= 11 is 0. The number of benzene rings is 2. The topological polar surface area (TPSA) is 108 Å². The maximum absolute atomic E-state index is 12.9. The monoisotopic (exact) mass is 487 g/mol. The summed E-state index contributed by atoms with van der Waals surface area (Å²) in [7, 11) is -0.765. The lowest BCUT2D eigenvalue weighted by Gasteiger charge is -2.23. The van der Waals surface area contributed by atoms with Gasteiger partial charge in [0.05, 0.1) is 31.6 Å². The Balaban J connectivity index is 1.80. The first-order valence-electron chi connectivity index (χ1n) is 10.9. The molecule has 0 amide bonds. The summed E-state index contributed by atoms with van der Waals surface area (Å²) in [5, 5.41) is 0. The lowest BCUT2D eigenvalue weighted by Crippen LogP contribution is -2.34. The number of nitrogens with one attached hydrogen (secondary N) is 1. The molecule has 0 bridgehead atoms. The van der Waals surface area contributed by atoms with E-state index in [0.29, 0.717) is 29.0 Å². The molecule has 182 valence electrons. The normalized spacial score (nSPS) is 18.4.